The van der Waals surface area contributed by atoms with Gasteiger partial charge in [0.25, 0.3) is 0 Å². The van der Waals surface area contributed by atoms with Crippen LogP contribution in [0.2, 0.25) is 0 Å². The second-order valence-corrected chi connectivity index (χ2v) is 5.58. The topological polar surface area (TPSA) is 74.7 Å². The van der Waals surface area contributed by atoms with Crippen molar-refractivity contribution in [2.45, 2.75) is 6.92 Å². The van der Waals surface area contributed by atoms with Crippen LogP contribution in [0.3, 0.4) is 0 Å². The maximum atomic E-state index is 12.7. The van der Waals surface area contributed by atoms with Gasteiger partial charge in [-0.15, -0.1) is 0 Å². The molecule has 4 N–H and O–H groups in total. The van der Waals surface area contributed by atoms with Crippen molar-refractivity contribution in [2.24, 2.45) is 0 Å². The van der Waals surface area contributed by atoms with Gasteiger partial charge >= 0.3 is 0 Å². The molecule has 4 heteroatoms. The molecule has 0 radical (unpaired) electrons. The molecule has 4 aromatic rings. The average molecular weight is 289 g/mol. The summed E-state index contributed by atoms with van der Waals surface area (Å²) in [4.78, 5) is 19.0. The highest BCUT2D eigenvalue weighted by molar-refractivity contribution is 6.11. The molecule has 2 aromatic heterocycles. The van der Waals surface area contributed by atoms with Crippen LogP contribution in [0, 0.1) is 6.92 Å². The zero-order valence-electron chi connectivity index (χ0n) is 12.1. The number of carbonyl (C=O) groups is 1. The number of fused-ring (bicyclic) bond motifs is 2. The molecule has 0 atom stereocenters. The van der Waals surface area contributed by atoms with Gasteiger partial charge in [-0.25, -0.2) is 0 Å². The van der Waals surface area contributed by atoms with Gasteiger partial charge < -0.3 is 15.7 Å². The quantitative estimate of drug-likeness (QED) is 0.388. The molecule has 22 heavy (non-hydrogen) atoms. The number of hydrogen-bond acceptors (Lipinski definition) is 2. The van der Waals surface area contributed by atoms with Gasteiger partial charge in [0.2, 0.25) is 5.78 Å². The van der Waals surface area contributed by atoms with E-state index in [1.807, 2.05) is 55.5 Å². The summed E-state index contributed by atoms with van der Waals surface area (Å²) in [7, 11) is 0. The lowest BCUT2D eigenvalue weighted by molar-refractivity contribution is 0.103. The van der Waals surface area contributed by atoms with Crippen LogP contribution in [0.1, 0.15) is 21.7 Å². The molecule has 0 saturated carbocycles. The Bertz CT molecular complexity index is 1020. The van der Waals surface area contributed by atoms with Gasteiger partial charge in [0.05, 0.1) is 11.4 Å². The molecule has 2 heterocycles. The zero-order chi connectivity index (χ0) is 15.3. The molecule has 0 spiro atoms. The first-order valence-electron chi connectivity index (χ1n) is 7.13. The smallest absolute Gasteiger partial charge is 0.225 e. The largest absolute Gasteiger partial charge is 0.399 e. The third-order valence-electron chi connectivity index (χ3n) is 4.02. The fourth-order valence-corrected chi connectivity index (χ4v) is 2.85. The van der Waals surface area contributed by atoms with Gasteiger partial charge in [0.1, 0.15) is 0 Å². The lowest BCUT2D eigenvalue weighted by Crippen LogP contribution is -2.01. The molecule has 0 unspecified atom stereocenters. The SMILES string of the molecule is Cc1cccc2[nH]c(C(=O)c3cc4cc(N)ccc4[nH]3)cc12. The minimum Gasteiger partial charge on any atom is -0.399 e. The fraction of sp³-hybridized carbons (Fsp3) is 0.0556. The van der Waals surface area contributed by atoms with Gasteiger partial charge in [-0.3, -0.25) is 4.79 Å². The van der Waals surface area contributed by atoms with Crippen LogP contribution in [0.25, 0.3) is 21.8 Å². The van der Waals surface area contributed by atoms with E-state index in [-0.39, 0.29) is 5.78 Å². The summed E-state index contributed by atoms with van der Waals surface area (Å²) < 4.78 is 0. The van der Waals surface area contributed by atoms with E-state index in [0.717, 1.165) is 27.4 Å². The van der Waals surface area contributed by atoms with E-state index >= 15 is 0 Å². The van der Waals surface area contributed by atoms with Gasteiger partial charge in [-0.2, -0.15) is 0 Å². The molecule has 0 fully saturated rings. The average Bonchev–Trinajstić information content (AvgIpc) is 3.10. The van der Waals surface area contributed by atoms with Crippen molar-refractivity contribution in [1.29, 1.82) is 0 Å². The summed E-state index contributed by atoms with van der Waals surface area (Å²) >= 11 is 0. The van der Waals surface area contributed by atoms with Crippen LogP contribution in [0.4, 0.5) is 5.69 Å². The maximum absolute atomic E-state index is 12.7. The lowest BCUT2D eigenvalue weighted by atomic mass is 10.1. The van der Waals surface area contributed by atoms with Gasteiger partial charge in [0.15, 0.2) is 0 Å². The molecule has 0 saturated heterocycles. The molecule has 0 aliphatic rings. The molecule has 4 nitrogen and oxygen atoms in total. The van der Waals surface area contributed by atoms with Crippen LogP contribution >= 0.6 is 0 Å². The summed E-state index contributed by atoms with van der Waals surface area (Å²) in [5, 5.41) is 2.02. The Morgan fingerprint density at radius 2 is 1.73 bits per heavy atom. The second-order valence-electron chi connectivity index (χ2n) is 5.58. The predicted molar refractivity (Wildman–Crippen MR) is 89.2 cm³/mol. The van der Waals surface area contributed by atoms with Gasteiger partial charge in [-0.05, 0) is 48.9 Å². The lowest BCUT2D eigenvalue weighted by Gasteiger charge is -1.93. The number of hydrogen-bond donors (Lipinski definition) is 3. The van der Waals surface area contributed by atoms with E-state index < -0.39 is 0 Å². The fourth-order valence-electron chi connectivity index (χ4n) is 2.85. The molecule has 0 bridgehead atoms. The number of carbonyl (C=O) groups excluding carboxylic acids is 1. The number of nitrogens with one attached hydrogen (secondary N) is 2. The first kappa shape index (κ1) is 12.7. The Hall–Kier alpha value is -3.01. The molecular formula is C18H15N3O. The predicted octanol–water partition coefficient (Wildman–Crippen LogP) is 3.77. The van der Waals surface area contributed by atoms with E-state index in [1.54, 1.807) is 0 Å². The number of aromatic amines is 2. The molecule has 4 rings (SSSR count). The number of rotatable bonds is 2. The van der Waals surface area contributed by atoms with Crippen LogP contribution < -0.4 is 5.73 Å². The van der Waals surface area contributed by atoms with E-state index in [4.69, 9.17) is 5.73 Å². The van der Waals surface area contributed by atoms with Crippen molar-refractivity contribution < 1.29 is 4.79 Å². The first-order valence-corrected chi connectivity index (χ1v) is 7.13. The van der Waals surface area contributed by atoms with Gasteiger partial charge in [-0.1, -0.05) is 12.1 Å². The van der Waals surface area contributed by atoms with Crippen molar-refractivity contribution >= 4 is 33.3 Å². The third-order valence-corrected chi connectivity index (χ3v) is 4.02. The highest BCUT2D eigenvalue weighted by Gasteiger charge is 2.15. The Balaban J connectivity index is 1.82. The molecule has 0 aliphatic carbocycles. The standard InChI is InChI=1S/C18H15N3O/c1-10-3-2-4-15-13(10)9-17(21-15)18(22)16-8-11-7-12(19)5-6-14(11)20-16/h2-9,20-21H,19H2,1H3. The second kappa shape index (κ2) is 4.49. The Morgan fingerprint density at radius 1 is 0.955 bits per heavy atom. The zero-order valence-corrected chi connectivity index (χ0v) is 12.1. The highest BCUT2D eigenvalue weighted by Crippen LogP contribution is 2.23. The van der Waals surface area contributed by atoms with Crippen LogP contribution in [-0.2, 0) is 0 Å². The third kappa shape index (κ3) is 1.89. The van der Waals surface area contributed by atoms with E-state index in [9.17, 15) is 4.79 Å². The van der Waals surface area contributed by atoms with Crippen LogP contribution in [0.5, 0.6) is 0 Å². The minimum absolute atomic E-state index is 0.0506. The van der Waals surface area contributed by atoms with Crippen LogP contribution in [0.15, 0.2) is 48.5 Å². The molecular weight excluding hydrogens is 274 g/mol. The number of H-pyrrole nitrogens is 2. The minimum atomic E-state index is -0.0506. The summed E-state index contributed by atoms with van der Waals surface area (Å²) in [6.45, 7) is 2.04. The van der Waals surface area contributed by atoms with E-state index in [2.05, 4.69) is 9.97 Å². The number of anilines is 1. The van der Waals surface area contributed by atoms with Crippen molar-refractivity contribution in [3.05, 3.63) is 65.5 Å². The van der Waals surface area contributed by atoms with Gasteiger partial charge in [0, 0.05) is 27.5 Å². The number of aromatic nitrogens is 2. The number of nitrogen functional groups attached to an aromatic ring is 1. The van der Waals surface area contributed by atoms with Crippen molar-refractivity contribution in [3.8, 4) is 0 Å². The van der Waals surface area contributed by atoms with E-state index in [1.165, 1.54) is 0 Å². The summed E-state index contributed by atoms with van der Waals surface area (Å²) in [5.41, 5.74) is 10.6. The molecule has 2 aromatic carbocycles. The molecule has 0 amide bonds. The van der Waals surface area contributed by atoms with E-state index in [0.29, 0.717) is 17.1 Å². The summed E-state index contributed by atoms with van der Waals surface area (Å²) in [6, 6.07) is 15.3. The first-order chi connectivity index (χ1) is 10.6. The summed E-state index contributed by atoms with van der Waals surface area (Å²) in [6.07, 6.45) is 0. The van der Waals surface area contributed by atoms with Crippen molar-refractivity contribution in [2.75, 3.05) is 5.73 Å². The number of benzene rings is 2. The van der Waals surface area contributed by atoms with Crippen molar-refractivity contribution in [3.63, 3.8) is 0 Å². The van der Waals surface area contributed by atoms with Crippen molar-refractivity contribution in [1.82, 2.24) is 9.97 Å². The normalized spacial score (nSPS) is 11.3. The number of aryl methyl sites for hydroxylation is 1. The highest BCUT2D eigenvalue weighted by atomic mass is 16.1. The summed E-state index contributed by atoms with van der Waals surface area (Å²) in [5.74, 6) is -0.0506. The molecule has 0 aliphatic heterocycles. The van der Waals surface area contributed by atoms with Crippen LogP contribution in [-0.4, -0.2) is 15.8 Å². The Labute approximate surface area is 127 Å². The number of nitrogens with two attached hydrogens (primary N) is 1. The monoisotopic (exact) mass is 289 g/mol. The Kier molecular flexibility index (Phi) is 2.60. The molecule has 108 valence electrons. The number of ketones is 1. The Morgan fingerprint density at radius 3 is 2.55 bits per heavy atom. The maximum Gasteiger partial charge on any atom is 0.225 e.